The highest BCUT2D eigenvalue weighted by Gasteiger charge is 2.31. The lowest BCUT2D eigenvalue weighted by Gasteiger charge is -2.19. The summed E-state index contributed by atoms with van der Waals surface area (Å²) in [6.07, 6.45) is 6.04. The number of ether oxygens (including phenoxy) is 2. The number of imidazole rings is 1. The molecule has 5 heteroatoms. The Morgan fingerprint density at radius 1 is 1.35 bits per heavy atom. The van der Waals surface area contributed by atoms with Crippen LogP contribution in [-0.4, -0.2) is 29.3 Å². The van der Waals surface area contributed by atoms with E-state index in [1.807, 2.05) is 19.4 Å². The average molecular weight is 313 g/mol. The molecule has 2 aliphatic heterocycles. The van der Waals surface area contributed by atoms with Crippen LogP contribution in [0.4, 0.5) is 0 Å². The van der Waals surface area contributed by atoms with Gasteiger partial charge in [0.25, 0.3) is 0 Å². The highest BCUT2D eigenvalue weighted by Crippen LogP contribution is 2.33. The van der Waals surface area contributed by atoms with Gasteiger partial charge in [-0.1, -0.05) is 12.1 Å². The van der Waals surface area contributed by atoms with E-state index in [1.165, 1.54) is 11.1 Å². The van der Waals surface area contributed by atoms with Gasteiger partial charge in [-0.05, 0) is 23.6 Å². The second-order valence-corrected chi connectivity index (χ2v) is 6.41. The summed E-state index contributed by atoms with van der Waals surface area (Å²) in [5, 5.41) is 3.59. The van der Waals surface area contributed by atoms with Gasteiger partial charge in [-0.25, -0.2) is 4.98 Å². The molecule has 1 N–H and O–H groups in total. The van der Waals surface area contributed by atoms with Gasteiger partial charge in [0, 0.05) is 51.5 Å². The van der Waals surface area contributed by atoms with Gasteiger partial charge in [0.15, 0.2) is 0 Å². The van der Waals surface area contributed by atoms with Crippen LogP contribution in [0.5, 0.6) is 5.75 Å². The first-order valence-corrected chi connectivity index (χ1v) is 8.35. The van der Waals surface area contributed by atoms with Gasteiger partial charge in [0.05, 0.1) is 6.61 Å². The van der Waals surface area contributed by atoms with Gasteiger partial charge >= 0.3 is 0 Å². The van der Waals surface area contributed by atoms with Crippen LogP contribution in [0.1, 0.15) is 29.5 Å². The summed E-state index contributed by atoms with van der Waals surface area (Å²) in [6, 6.07) is 6.50. The molecule has 0 bridgehead atoms. The van der Waals surface area contributed by atoms with Crippen molar-refractivity contribution < 1.29 is 9.47 Å². The third-order valence-electron chi connectivity index (χ3n) is 4.82. The highest BCUT2D eigenvalue weighted by molar-refractivity contribution is 5.39. The zero-order valence-corrected chi connectivity index (χ0v) is 13.5. The fraction of sp³-hybridized carbons (Fsp3) is 0.500. The molecule has 1 fully saturated rings. The topological polar surface area (TPSA) is 48.3 Å². The first-order valence-electron chi connectivity index (χ1n) is 8.35. The van der Waals surface area contributed by atoms with E-state index in [-0.39, 0.29) is 6.10 Å². The van der Waals surface area contributed by atoms with Gasteiger partial charge < -0.3 is 19.4 Å². The van der Waals surface area contributed by atoms with Crippen molar-refractivity contribution in [3.05, 3.63) is 47.5 Å². The summed E-state index contributed by atoms with van der Waals surface area (Å²) < 4.78 is 13.5. The summed E-state index contributed by atoms with van der Waals surface area (Å²) in [5.41, 5.74) is 2.65. The van der Waals surface area contributed by atoms with E-state index in [9.17, 15) is 0 Å². The molecular formula is C18H23N3O2. The average Bonchev–Trinajstić information content (AvgIpc) is 3.27. The van der Waals surface area contributed by atoms with E-state index in [0.29, 0.717) is 5.92 Å². The lowest BCUT2D eigenvalue weighted by Crippen LogP contribution is -2.25. The molecule has 5 nitrogen and oxygen atoms in total. The van der Waals surface area contributed by atoms with Crippen molar-refractivity contribution in [1.29, 1.82) is 0 Å². The Morgan fingerprint density at radius 3 is 3.17 bits per heavy atom. The van der Waals surface area contributed by atoms with Crippen LogP contribution in [0.25, 0.3) is 0 Å². The van der Waals surface area contributed by atoms with Gasteiger partial charge in [-0.15, -0.1) is 0 Å². The number of rotatable bonds is 5. The summed E-state index contributed by atoms with van der Waals surface area (Å²) in [5.74, 6) is 2.56. The van der Waals surface area contributed by atoms with Gasteiger partial charge in [-0.2, -0.15) is 0 Å². The Labute approximate surface area is 136 Å². The lowest BCUT2D eigenvalue weighted by atomic mass is 10.0. The number of aromatic nitrogens is 2. The van der Waals surface area contributed by atoms with Crippen LogP contribution in [-0.2, 0) is 24.8 Å². The molecule has 0 spiro atoms. The first kappa shape index (κ1) is 14.7. The lowest BCUT2D eigenvalue weighted by molar-refractivity contribution is 0.0811. The van der Waals surface area contributed by atoms with Crippen molar-refractivity contribution in [1.82, 2.24) is 14.9 Å². The summed E-state index contributed by atoms with van der Waals surface area (Å²) in [4.78, 5) is 4.45. The maximum atomic E-state index is 5.91. The molecule has 4 rings (SSSR count). The van der Waals surface area contributed by atoms with Crippen molar-refractivity contribution in [2.24, 2.45) is 13.0 Å². The van der Waals surface area contributed by atoms with E-state index >= 15 is 0 Å². The molecule has 1 aromatic carbocycles. The van der Waals surface area contributed by atoms with Crippen LogP contribution in [0.3, 0.4) is 0 Å². The molecule has 1 aromatic heterocycles. The molecular weight excluding hydrogens is 290 g/mol. The molecule has 3 heterocycles. The molecule has 1 saturated heterocycles. The first-order chi connectivity index (χ1) is 11.3. The molecule has 0 saturated carbocycles. The molecule has 0 radical (unpaired) electrons. The number of hydrogen-bond acceptors (Lipinski definition) is 4. The molecule has 0 aliphatic carbocycles. The quantitative estimate of drug-likeness (QED) is 0.919. The smallest absolute Gasteiger partial charge is 0.137 e. The number of aryl methyl sites for hydroxylation is 1. The van der Waals surface area contributed by atoms with Crippen LogP contribution in [0.2, 0.25) is 0 Å². The van der Waals surface area contributed by atoms with E-state index in [4.69, 9.17) is 9.47 Å². The Bertz CT molecular complexity index is 683. The molecule has 23 heavy (non-hydrogen) atoms. The van der Waals surface area contributed by atoms with Gasteiger partial charge in [0.1, 0.15) is 17.7 Å². The molecule has 2 aliphatic rings. The normalized spacial score (nSPS) is 23.0. The predicted molar refractivity (Wildman–Crippen MR) is 87.4 cm³/mol. The summed E-state index contributed by atoms with van der Waals surface area (Å²) in [6.45, 7) is 3.47. The second-order valence-electron chi connectivity index (χ2n) is 6.41. The standard InChI is InChI=1S/C18H23N3O2/c1-21-7-6-20-18(21)17-15(5-9-23-17)12-19-11-13-2-3-16-14(10-13)4-8-22-16/h2-3,6-7,10,15,17,19H,4-5,8-9,11-12H2,1H3/t15-,17+/m0/s1. The Hall–Kier alpha value is -1.85. The molecule has 122 valence electrons. The Morgan fingerprint density at radius 2 is 2.30 bits per heavy atom. The Kier molecular flexibility index (Phi) is 4.06. The minimum Gasteiger partial charge on any atom is -0.493 e. The fourth-order valence-corrected chi connectivity index (χ4v) is 3.53. The molecule has 0 unspecified atom stereocenters. The SMILES string of the molecule is Cn1ccnc1[C@@H]1OCC[C@H]1CNCc1ccc2c(c1)CCO2. The number of nitrogens with zero attached hydrogens (tertiary/aromatic N) is 2. The third kappa shape index (κ3) is 2.99. The van der Waals surface area contributed by atoms with Gasteiger partial charge in [0.2, 0.25) is 0 Å². The molecule has 2 atom stereocenters. The van der Waals surface area contributed by atoms with Crippen LogP contribution in [0, 0.1) is 5.92 Å². The number of fused-ring (bicyclic) bond motifs is 1. The van der Waals surface area contributed by atoms with E-state index in [2.05, 4.69) is 33.1 Å². The second kappa shape index (κ2) is 6.34. The highest BCUT2D eigenvalue weighted by atomic mass is 16.5. The minimum absolute atomic E-state index is 0.107. The monoisotopic (exact) mass is 313 g/mol. The largest absolute Gasteiger partial charge is 0.493 e. The van der Waals surface area contributed by atoms with Crippen molar-refractivity contribution in [3.63, 3.8) is 0 Å². The van der Waals surface area contributed by atoms with Crippen molar-refractivity contribution in [3.8, 4) is 5.75 Å². The number of hydrogen-bond donors (Lipinski definition) is 1. The maximum Gasteiger partial charge on any atom is 0.137 e. The molecule has 0 amide bonds. The van der Waals surface area contributed by atoms with E-state index in [1.54, 1.807) is 0 Å². The van der Waals surface area contributed by atoms with Crippen LogP contribution < -0.4 is 10.1 Å². The fourth-order valence-electron chi connectivity index (χ4n) is 3.53. The Balaban J connectivity index is 1.35. The van der Waals surface area contributed by atoms with Crippen LogP contribution in [0.15, 0.2) is 30.6 Å². The predicted octanol–water partition coefficient (Wildman–Crippen LogP) is 2.22. The van der Waals surface area contributed by atoms with Crippen molar-refractivity contribution >= 4 is 0 Å². The zero-order valence-electron chi connectivity index (χ0n) is 13.5. The summed E-state index contributed by atoms with van der Waals surface area (Å²) >= 11 is 0. The molecule has 2 aromatic rings. The van der Waals surface area contributed by atoms with Crippen molar-refractivity contribution in [2.45, 2.75) is 25.5 Å². The van der Waals surface area contributed by atoms with Crippen molar-refractivity contribution in [2.75, 3.05) is 19.8 Å². The maximum absolute atomic E-state index is 5.91. The number of benzene rings is 1. The van der Waals surface area contributed by atoms with Gasteiger partial charge in [-0.3, -0.25) is 0 Å². The third-order valence-corrected chi connectivity index (χ3v) is 4.82. The van der Waals surface area contributed by atoms with E-state index in [0.717, 1.165) is 50.7 Å². The van der Waals surface area contributed by atoms with E-state index < -0.39 is 0 Å². The minimum atomic E-state index is 0.107. The van der Waals surface area contributed by atoms with Crippen LogP contribution >= 0.6 is 0 Å². The number of nitrogens with one attached hydrogen (secondary N) is 1. The zero-order chi connectivity index (χ0) is 15.6. The summed E-state index contributed by atoms with van der Waals surface area (Å²) in [7, 11) is 2.03.